The van der Waals surface area contributed by atoms with Gasteiger partial charge in [0.25, 0.3) is 0 Å². The van der Waals surface area contributed by atoms with Crippen LogP contribution in [0.15, 0.2) is 36.5 Å². The zero-order valence-electron chi connectivity index (χ0n) is 39.1. The van der Waals surface area contributed by atoms with Gasteiger partial charge in [-0.2, -0.15) is 0 Å². The Bertz CT molecular complexity index is 1430. The zero-order valence-corrected chi connectivity index (χ0v) is 40.9. The predicted octanol–water partition coefficient (Wildman–Crippen LogP) is 10.3. The number of aliphatic hydroxyl groups excluding tert-OH is 2. The van der Waals surface area contributed by atoms with Crippen LogP contribution >= 0.6 is 15.6 Å². The topological polar surface area (TPSA) is 233 Å². The van der Waals surface area contributed by atoms with E-state index in [1.54, 1.807) is 18.2 Å². The lowest BCUT2D eigenvalue weighted by atomic mass is 9.90. The fraction of sp³-hybridized carbons (Fsp3) is 0.809. The molecule has 17 heteroatoms. The highest BCUT2D eigenvalue weighted by Crippen LogP contribution is 2.44. The van der Waals surface area contributed by atoms with Crippen LogP contribution in [0.3, 0.4) is 0 Å². The number of unbranched alkanes of at least 4 members (excludes halogenated alkanes) is 17. The number of hydrogen-bond donors (Lipinski definition) is 5. The SMILES string of the molecule is CCCCC[C@H](O)/C=C/[C@H]1C(=O)C=C[C@@H]1C/C=C\CCCC(=O)OC[C@H](COP(=O)(O)OC[C@@H](O)COP(=O)(O)O)OC(=O)CCCCCCCCCCCCCCCCCC(C)C. The van der Waals surface area contributed by atoms with Crippen molar-refractivity contribution in [1.82, 2.24) is 0 Å². The van der Waals surface area contributed by atoms with Crippen LogP contribution in [0.25, 0.3) is 0 Å². The lowest BCUT2D eigenvalue weighted by Crippen LogP contribution is -2.30. The minimum atomic E-state index is -4.89. The monoisotopic (exact) mass is 951 g/mol. The van der Waals surface area contributed by atoms with Crippen molar-refractivity contribution in [2.24, 2.45) is 17.8 Å². The lowest BCUT2D eigenvalue weighted by Gasteiger charge is -2.20. The normalized spacial score (nSPS) is 18.0. The number of allylic oxidation sites excluding steroid dienone is 5. The summed E-state index contributed by atoms with van der Waals surface area (Å²) < 4.78 is 47.9. The Morgan fingerprint density at radius 3 is 1.83 bits per heavy atom. The van der Waals surface area contributed by atoms with Gasteiger partial charge in [0.1, 0.15) is 12.7 Å². The van der Waals surface area contributed by atoms with E-state index in [0.29, 0.717) is 32.1 Å². The Labute approximate surface area is 384 Å². The first-order valence-corrected chi connectivity index (χ1v) is 27.1. The Kier molecular flexibility index (Phi) is 34.7. The molecule has 0 saturated carbocycles. The molecule has 6 atom stereocenters. The molecule has 1 unspecified atom stereocenters. The van der Waals surface area contributed by atoms with Gasteiger partial charge in [-0.3, -0.25) is 28.0 Å². The number of esters is 2. The van der Waals surface area contributed by atoms with Crippen LogP contribution < -0.4 is 0 Å². The van der Waals surface area contributed by atoms with Gasteiger partial charge in [-0.15, -0.1) is 0 Å². The van der Waals surface area contributed by atoms with E-state index < -0.39 is 72.3 Å². The summed E-state index contributed by atoms with van der Waals surface area (Å²) in [6.45, 7) is 3.79. The summed E-state index contributed by atoms with van der Waals surface area (Å²) in [6, 6.07) is 0. The molecule has 0 amide bonds. The Morgan fingerprint density at radius 1 is 0.688 bits per heavy atom. The minimum absolute atomic E-state index is 0.0112. The molecule has 0 heterocycles. The summed E-state index contributed by atoms with van der Waals surface area (Å²) in [5.41, 5.74) is 0. The molecule has 15 nitrogen and oxygen atoms in total. The van der Waals surface area contributed by atoms with Crippen molar-refractivity contribution in [3.63, 3.8) is 0 Å². The molecule has 0 fully saturated rings. The van der Waals surface area contributed by atoms with Crippen LogP contribution in [-0.2, 0) is 46.6 Å². The molecule has 0 spiro atoms. The van der Waals surface area contributed by atoms with Gasteiger partial charge in [-0.1, -0.05) is 167 Å². The highest BCUT2D eigenvalue weighted by Gasteiger charge is 2.29. The van der Waals surface area contributed by atoms with Crippen molar-refractivity contribution in [2.45, 2.75) is 200 Å². The van der Waals surface area contributed by atoms with Gasteiger partial charge in [-0.05, 0) is 50.0 Å². The van der Waals surface area contributed by atoms with Crippen LogP contribution in [0.2, 0.25) is 0 Å². The van der Waals surface area contributed by atoms with Crippen LogP contribution in [0, 0.1) is 17.8 Å². The van der Waals surface area contributed by atoms with Crippen LogP contribution in [0.4, 0.5) is 0 Å². The summed E-state index contributed by atoms with van der Waals surface area (Å²) in [6.07, 6.45) is 32.0. The van der Waals surface area contributed by atoms with E-state index in [2.05, 4.69) is 25.3 Å². The molecule has 0 radical (unpaired) electrons. The van der Waals surface area contributed by atoms with E-state index in [4.69, 9.17) is 28.3 Å². The second-order valence-corrected chi connectivity index (χ2v) is 20.2. The molecule has 5 N–H and O–H groups in total. The molecule has 0 aromatic heterocycles. The van der Waals surface area contributed by atoms with Gasteiger partial charge in [0, 0.05) is 18.8 Å². The molecule has 0 saturated heterocycles. The number of ketones is 1. The number of carbonyl (C=O) groups is 3. The lowest BCUT2D eigenvalue weighted by molar-refractivity contribution is -0.161. The maximum atomic E-state index is 12.7. The minimum Gasteiger partial charge on any atom is -0.462 e. The third-order valence-corrected chi connectivity index (χ3v) is 12.4. The molecule has 1 aliphatic carbocycles. The maximum absolute atomic E-state index is 12.7. The van der Waals surface area contributed by atoms with Gasteiger partial charge in [-0.25, -0.2) is 9.13 Å². The third kappa shape index (κ3) is 35.2. The van der Waals surface area contributed by atoms with Gasteiger partial charge >= 0.3 is 27.6 Å². The van der Waals surface area contributed by atoms with E-state index >= 15 is 0 Å². The quantitative estimate of drug-likeness (QED) is 0.0166. The molecule has 0 aromatic rings. The summed E-state index contributed by atoms with van der Waals surface area (Å²) in [5, 5.41) is 20.0. The number of aliphatic hydroxyl groups is 2. The van der Waals surface area contributed by atoms with Crippen LogP contribution in [-0.4, -0.2) is 87.4 Å². The van der Waals surface area contributed by atoms with E-state index in [1.165, 1.54) is 70.6 Å². The van der Waals surface area contributed by atoms with Crippen molar-refractivity contribution in [2.75, 3.05) is 26.4 Å². The zero-order chi connectivity index (χ0) is 47.5. The fourth-order valence-electron chi connectivity index (χ4n) is 7.17. The number of hydrogen-bond acceptors (Lipinski definition) is 12. The molecule has 64 heavy (non-hydrogen) atoms. The molecular formula is C47H84O15P2. The first-order valence-electron chi connectivity index (χ1n) is 24.1. The first kappa shape index (κ1) is 60.0. The van der Waals surface area contributed by atoms with E-state index in [9.17, 15) is 38.6 Å². The first-order chi connectivity index (χ1) is 30.5. The molecular weight excluding hydrogens is 866 g/mol. The number of phosphoric acid groups is 2. The van der Waals surface area contributed by atoms with Gasteiger partial charge in [0.15, 0.2) is 11.9 Å². The van der Waals surface area contributed by atoms with E-state index in [0.717, 1.165) is 50.9 Å². The second-order valence-electron chi connectivity index (χ2n) is 17.5. The van der Waals surface area contributed by atoms with E-state index in [-0.39, 0.29) is 30.5 Å². The van der Waals surface area contributed by atoms with Crippen molar-refractivity contribution in [1.29, 1.82) is 0 Å². The van der Waals surface area contributed by atoms with Crippen molar-refractivity contribution in [3.05, 3.63) is 36.5 Å². The van der Waals surface area contributed by atoms with E-state index in [1.807, 2.05) is 18.2 Å². The summed E-state index contributed by atoms with van der Waals surface area (Å²) >= 11 is 0. The average Bonchev–Trinajstić information content (AvgIpc) is 3.59. The Hall–Kier alpha value is -2.03. The molecule has 0 bridgehead atoms. The average molecular weight is 951 g/mol. The van der Waals surface area contributed by atoms with Gasteiger partial charge in [0.2, 0.25) is 0 Å². The number of ether oxygens (including phenoxy) is 2. The predicted molar refractivity (Wildman–Crippen MR) is 248 cm³/mol. The highest BCUT2D eigenvalue weighted by molar-refractivity contribution is 7.47. The molecule has 372 valence electrons. The summed E-state index contributed by atoms with van der Waals surface area (Å²) in [4.78, 5) is 65.4. The van der Waals surface area contributed by atoms with Gasteiger partial charge in [0.05, 0.1) is 25.9 Å². The molecule has 0 aliphatic heterocycles. The fourth-order valence-corrected chi connectivity index (χ4v) is 8.33. The summed E-state index contributed by atoms with van der Waals surface area (Å²) in [5.74, 6) is -0.691. The maximum Gasteiger partial charge on any atom is 0.472 e. The highest BCUT2D eigenvalue weighted by atomic mass is 31.2. The third-order valence-electron chi connectivity index (χ3n) is 10.9. The van der Waals surface area contributed by atoms with Crippen LogP contribution in [0.5, 0.6) is 0 Å². The van der Waals surface area contributed by atoms with Crippen molar-refractivity contribution >= 4 is 33.4 Å². The van der Waals surface area contributed by atoms with Crippen molar-refractivity contribution < 1.29 is 71.5 Å². The number of carbonyl (C=O) groups excluding carboxylic acids is 3. The van der Waals surface area contributed by atoms with Gasteiger partial charge < -0.3 is 34.4 Å². The smallest absolute Gasteiger partial charge is 0.462 e. The Morgan fingerprint density at radius 2 is 1.23 bits per heavy atom. The number of rotatable bonds is 42. The standard InChI is InChI=1S/C47H84O15P2/c1-4-5-21-28-41(48)32-33-44-40(31-34-45(44)50)27-23-19-20-24-29-46(51)58-37-43(38-61-64(56,57)60-36-42(49)35-59-63(53,54)55)62-47(52)30-25-18-16-14-12-10-8-6-7-9-11-13-15-17-22-26-39(2)3/h19,23,31-34,39-44,48-49H,4-18,20-22,24-30,35-38H2,1-3H3,(H,56,57)(H2,53,54,55)/b23-19-,33-32+/t40-,41-,42-,43+,44+/m0/s1. The summed E-state index contributed by atoms with van der Waals surface area (Å²) in [7, 11) is -9.75. The van der Waals surface area contributed by atoms with Crippen LogP contribution in [0.1, 0.15) is 181 Å². The largest absolute Gasteiger partial charge is 0.472 e. The second kappa shape index (κ2) is 37.0. The Balaban J connectivity index is 2.47. The molecule has 0 aromatic carbocycles. The molecule has 1 rings (SSSR count). The number of phosphoric ester groups is 2. The molecule has 1 aliphatic rings. The van der Waals surface area contributed by atoms with Crippen molar-refractivity contribution in [3.8, 4) is 0 Å².